The van der Waals surface area contributed by atoms with Crippen molar-refractivity contribution in [3.63, 3.8) is 0 Å². The fraction of sp³-hybridized carbons (Fsp3) is 0.364. The molecule has 1 fully saturated rings. The second-order valence-electron chi connectivity index (χ2n) is 3.76. The fourth-order valence-corrected chi connectivity index (χ4v) is 1.45. The molecule has 0 saturated carbocycles. The second kappa shape index (κ2) is 4.40. The monoisotopic (exact) mass is 222 g/mol. The number of nitrogens with zero attached hydrogens (tertiary/aromatic N) is 1. The molecular weight excluding hydrogens is 208 g/mol. The zero-order valence-corrected chi connectivity index (χ0v) is 9.01. The predicted molar refractivity (Wildman–Crippen MR) is 58.9 cm³/mol. The fourth-order valence-electron chi connectivity index (χ4n) is 1.45. The number of benzene rings is 1. The van der Waals surface area contributed by atoms with E-state index in [1.165, 1.54) is 0 Å². The molecule has 0 radical (unpaired) electrons. The summed E-state index contributed by atoms with van der Waals surface area (Å²) in [5.41, 5.74) is 7.23. The van der Waals surface area contributed by atoms with E-state index >= 15 is 0 Å². The molecule has 5 heteroatoms. The van der Waals surface area contributed by atoms with Crippen LogP contribution in [0.2, 0.25) is 0 Å². The number of nitrogens with two attached hydrogens (primary N) is 1. The van der Waals surface area contributed by atoms with Crippen molar-refractivity contribution in [2.75, 3.05) is 13.2 Å². The van der Waals surface area contributed by atoms with Crippen LogP contribution in [0.5, 0.6) is 5.75 Å². The highest BCUT2D eigenvalue weighted by atomic mass is 16.6. The Balaban J connectivity index is 2.28. The summed E-state index contributed by atoms with van der Waals surface area (Å²) in [5, 5.41) is 11.7. The Bertz CT molecular complexity index is 414. The van der Waals surface area contributed by atoms with Gasteiger partial charge >= 0.3 is 0 Å². The number of amidine groups is 1. The van der Waals surface area contributed by atoms with E-state index < -0.39 is 0 Å². The van der Waals surface area contributed by atoms with Crippen LogP contribution in [0.4, 0.5) is 0 Å². The van der Waals surface area contributed by atoms with E-state index in [1.54, 1.807) is 6.07 Å². The van der Waals surface area contributed by atoms with Crippen molar-refractivity contribution in [2.45, 2.75) is 13.0 Å². The van der Waals surface area contributed by atoms with Crippen molar-refractivity contribution >= 4 is 5.84 Å². The highest BCUT2D eigenvalue weighted by Gasteiger charge is 2.22. The minimum atomic E-state index is 0.0511. The van der Waals surface area contributed by atoms with Gasteiger partial charge in [-0.3, -0.25) is 0 Å². The summed E-state index contributed by atoms with van der Waals surface area (Å²) >= 11 is 0. The topological polar surface area (TPSA) is 77.1 Å². The van der Waals surface area contributed by atoms with Crippen LogP contribution in [0.25, 0.3) is 0 Å². The molecule has 1 aromatic carbocycles. The normalized spacial score (nSPS) is 16.9. The van der Waals surface area contributed by atoms with Gasteiger partial charge in [-0.2, -0.15) is 0 Å². The van der Waals surface area contributed by atoms with Gasteiger partial charge < -0.3 is 20.4 Å². The molecule has 1 aromatic rings. The van der Waals surface area contributed by atoms with Gasteiger partial charge in [0, 0.05) is 0 Å². The number of aryl methyl sites for hydroxylation is 1. The summed E-state index contributed by atoms with van der Waals surface area (Å²) in [6, 6.07) is 5.53. The lowest BCUT2D eigenvalue weighted by Crippen LogP contribution is -2.39. The number of ether oxygens (including phenoxy) is 2. The minimum absolute atomic E-state index is 0.0511. The lowest BCUT2D eigenvalue weighted by Gasteiger charge is -2.27. The Hall–Kier alpha value is -1.75. The molecule has 0 aliphatic carbocycles. The summed E-state index contributed by atoms with van der Waals surface area (Å²) in [7, 11) is 0. The standard InChI is InChI=1S/C11H14N2O3/c1-7-2-3-9(11(12)13-14)10(4-7)16-8-5-15-6-8/h2-4,8,14H,5-6H2,1H3,(H2,12,13). The first-order chi connectivity index (χ1) is 7.70. The van der Waals surface area contributed by atoms with Crippen molar-refractivity contribution in [3.05, 3.63) is 29.3 Å². The maximum Gasteiger partial charge on any atom is 0.173 e. The van der Waals surface area contributed by atoms with E-state index in [1.807, 2.05) is 19.1 Å². The smallest absolute Gasteiger partial charge is 0.173 e. The number of oxime groups is 1. The summed E-state index contributed by atoms with van der Waals surface area (Å²) in [5.74, 6) is 0.679. The molecule has 1 heterocycles. The molecule has 0 atom stereocenters. The Morgan fingerprint density at radius 3 is 2.88 bits per heavy atom. The molecule has 0 aromatic heterocycles. The van der Waals surface area contributed by atoms with Crippen LogP contribution < -0.4 is 10.5 Å². The van der Waals surface area contributed by atoms with Gasteiger partial charge in [-0.25, -0.2) is 0 Å². The van der Waals surface area contributed by atoms with Crippen LogP contribution in [-0.2, 0) is 4.74 Å². The van der Waals surface area contributed by atoms with Crippen molar-refractivity contribution in [3.8, 4) is 5.75 Å². The average molecular weight is 222 g/mol. The van der Waals surface area contributed by atoms with E-state index in [2.05, 4.69) is 5.16 Å². The van der Waals surface area contributed by atoms with E-state index in [9.17, 15) is 0 Å². The maximum atomic E-state index is 8.67. The molecule has 0 spiro atoms. The second-order valence-corrected chi connectivity index (χ2v) is 3.76. The molecule has 0 amide bonds. The Labute approximate surface area is 93.5 Å². The molecular formula is C11H14N2O3. The van der Waals surface area contributed by atoms with E-state index in [0.29, 0.717) is 24.5 Å². The predicted octanol–water partition coefficient (Wildman–Crippen LogP) is 0.867. The van der Waals surface area contributed by atoms with Crippen LogP contribution in [0, 0.1) is 6.92 Å². The number of rotatable bonds is 3. The van der Waals surface area contributed by atoms with Crippen molar-refractivity contribution in [2.24, 2.45) is 10.9 Å². The lowest BCUT2D eigenvalue weighted by molar-refractivity contribution is -0.0797. The van der Waals surface area contributed by atoms with Crippen LogP contribution in [0.3, 0.4) is 0 Å². The first-order valence-corrected chi connectivity index (χ1v) is 5.03. The van der Waals surface area contributed by atoms with Crippen LogP contribution in [0.1, 0.15) is 11.1 Å². The summed E-state index contributed by atoms with van der Waals surface area (Å²) in [6.45, 7) is 3.13. The first kappa shape index (κ1) is 10.8. The molecule has 1 aliphatic heterocycles. The molecule has 0 unspecified atom stereocenters. The molecule has 1 aliphatic rings. The average Bonchev–Trinajstić information content (AvgIpc) is 2.22. The molecule has 16 heavy (non-hydrogen) atoms. The van der Waals surface area contributed by atoms with E-state index in [-0.39, 0.29) is 11.9 Å². The van der Waals surface area contributed by atoms with Crippen LogP contribution in [-0.4, -0.2) is 30.4 Å². The maximum absolute atomic E-state index is 8.67. The Morgan fingerprint density at radius 1 is 1.56 bits per heavy atom. The zero-order chi connectivity index (χ0) is 11.5. The Kier molecular flexibility index (Phi) is 2.96. The first-order valence-electron chi connectivity index (χ1n) is 5.03. The van der Waals surface area contributed by atoms with Gasteiger partial charge in [-0.05, 0) is 24.6 Å². The molecule has 1 saturated heterocycles. The molecule has 3 N–H and O–H groups in total. The lowest BCUT2D eigenvalue weighted by atomic mass is 10.1. The summed E-state index contributed by atoms with van der Waals surface area (Å²) in [4.78, 5) is 0. The van der Waals surface area contributed by atoms with Gasteiger partial charge in [0.2, 0.25) is 0 Å². The Morgan fingerprint density at radius 2 is 2.31 bits per heavy atom. The van der Waals surface area contributed by atoms with Crippen LogP contribution >= 0.6 is 0 Å². The van der Waals surface area contributed by atoms with Gasteiger partial charge in [0.25, 0.3) is 0 Å². The highest BCUT2D eigenvalue weighted by Crippen LogP contribution is 2.23. The summed E-state index contributed by atoms with van der Waals surface area (Å²) in [6.07, 6.45) is 0.0621. The molecule has 2 rings (SSSR count). The quantitative estimate of drug-likeness (QED) is 0.344. The van der Waals surface area contributed by atoms with E-state index in [4.69, 9.17) is 20.4 Å². The van der Waals surface area contributed by atoms with Crippen molar-refractivity contribution in [1.29, 1.82) is 0 Å². The largest absolute Gasteiger partial charge is 0.485 e. The van der Waals surface area contributed by atoms with Gasteiger partial charge in [0.1, 0.15) is 11.9 Å². The third kappa shape index (κ3) is 2.09. The van der Waals surface area contributed by atoms with Gasteiger partial charge in [0.15, 0.2) is 5.84 Å². The van der Waals surface area contributed by atoms with Crippen molar-refractivity contribution in [1.82, 2.24) is 0 Å². The van der Waals surface area contributed by atoms with Gasteiger partial charge in [-0.1, -0.05) is 11.2 Å². The third-order valence-electron chi connectivity index (χ3n) is 2.42. The van der Waals surface area contributed by atoms with Gasteiger partial charge in [0.05, 0.1) is 18.8 Å². The van der Waals surface area contributed by atoms with Gasteiger partial charge in [-0.15, -0.1) is 0 Å². The van der Waals surface area contributed by atoms with Crippen molar-refractivity contribution < 1.29 is 14.7 Å². The SMILES string of the molecule is Cc1ccc(/C(N)=N/O)c(OC2COC2)c1. The zero-order valence-electron chi connectivity index (χ0n) is 9.01. The van der Waals surface area contributed by atoms with E-state index in [0.717, 1.165) is 5.56 Å². The number of hydrogen-bond donors (Lipinski definition) is 2. The van der Waals surface area contributed by atoms with Crippen LogP contribution in [0.15, 0.2) is 23.4 Å². The third-order valence-corrected chi connectivity index (χ3v) is 2.42. The highest BCUT2D eigenvalue weighted by molar-refractivity contribution is 5.99. The number of hydrogen-bond acceptors (Lipinski definition) is 4. The molecule has 5 nitrogen and oxygen atoms in total. The minimum Gasteiger partial charge on any atom is -0.485 e. The molecule has 86 valence electrons. The molecule has 0 bridgehead atoms. The summed E-state index contributed by atoms with van der Waals surface area (Å²) < 4.78 is 10.7.